The van der Waals surface area contributed by atoms with E-state index >= 15 is 0 Å². The average Bonchev–Trinajstić information content (AvgIpc) is 2.99. The van der Waals surface area contributed by atoms with E-state index in [4.69, 9.17) is 0 Å². The number of amides is 2. The number of β-amino-alcohol motifs (C(OH)–C–C–N with tert-alkyl or cyclic N) is 1. The third-order valence-electron chi connectivity index (χ3n) is 5.11. The molecule has 1 saturated carbocycles. The van der Waals surface area contributed by atoms with Crippen LogP contribution < -0.4 is 0 Å². The van der Waals surface area contributed by atoms with Gasteiger partial charge < -0.3 is 20.0 Å². The molecule has 3 rings (SSSR count). The standard InChI is InChI=1S/C14H22N2O4/c1-14(20)5-6-15(8-14)13(19)16-7-9-3-2-4-10(9)11(16)12(17)18/h9-11,20H,2-8H2,1H3,(H,17,18). The van der Waals surface area contributed by atoms with Gasteiger partial charge in [-0.05, 0) is 38.0 Å². The zero-order chi connectivity index (χ0) is 14.5. The average molecular weight is 282 g/mol. The van der Waals surface area contributed by atoms with Crippen molar-refractivity contribution in [2.24, 2.45) is 11.8 Å². The Morgan fingerprint density at radius 2 is 2.05 bits per heavy atom. The number of carboxylic acids is 1. The van der Waals surface area contributed by atoms with Gasteiger partial charge in [-0.15, -0.1) is 0 Å². The topological polar surface area (TPSA) is 81.1 Å². The summed E-state index contributed by atoms with van der Waals surface area (Å²) in [5.41, 5.74) is -0.843. The van der Waals surface area contributed by atoms with Crippen molar-refractivity contribution in [2.45, 2.75) is 44.2 Å². The van der Waals surface area contributed by atoms with Gasteiger partial charge in [-0.25, -0.2) is 9.59 Å². The maximum Gasteiger partial charge on any atom is 0.326 e. The number of carboxylic acid groups (broad SMARTS) is 1. The number of aliphatic carboxylic acids is 1. The number of hydrogen-bond donors (Lipinski definition) is 2. The van der Waals surface area contributed by atoms with Crippen molar-refractivity contribution in [3.63, 3.8) is 0 Å². The summed E-state index contributed by atoms with van der Waals surface area (Å²) in [5, 5.41) is 19.4. The third-order valence-corrected chi connectivity index (χ3v) is 5.11. The summed E-state index contributed by atoms with van der Waals surface area (Å²) in [7, 11) is 0. The molecule has 0 radical (unpaired) electrons. The molecule has 2 heterocycles. The highest BCUT2D eigenvalue weighted by molar-refractivity contribution is 5.84. The van der Waals surface area contributed by atoms with Gasteiger partial charge >= 0.3 is 12.0 Å². The zero-order valence-electron chi connectivity index (χ0n) is 11.8. The lowest BCUT2D eigenvalue weighted by atomic mass is 9.94. The molecule has 0 aromatic carbocycles. The van der Waals surface area contributed by atoms with E-state index in [1.807, 2.05) is 0 Å². The number of likely N-dealkylation sites (tertiary alicyclic amines) is 2. The molecular formula is C14H22N2O4. The first-order chi connectivity index (χ1) is 9.39. The molecule has 0 spiro atoms. The van der Waals surface area contributed by atoms with Gasteiger partial charge in [-0.2, -0.15) is 0 Å². The Labute approximate surface area is 118 Å². The van der Waals surface area contributed by atoms with Gasteiger partial charge in [-0.3, -0.25) is 0 Å². The van der Waals surface area contributed by atoms with Crippen LogP contribution in [0.5, 0.6) is 0 Å². The van der Waals surface area contributed by atoms with Crippen molar-refractivity contribution in [3.05, 3.63) is 0 Å². The van der Waals surface area contributed by atoms with Crippen LogP contribution >= 0.6 is 0 Å². The summed E-state index contributed by atoms with van der Waals surface area (Å²) in [6, 6.07) is -0.898. The van der Waals surface area contributed by atoms with Crippen molar-refractivity contribution in [1.82, 2.24) is 9.80 Å². The van der Waals surface area contributed by atoms with E-state index in [2.05, 4.69) is 0 Å². The van der Waals surface area contributed by atoms with E-state index in [9.17, 15) is 19.8 Å². The predicted molar refractivity (Wildman–Crippen MR) is 71.2 cm³/mol. The number of hydrogen-bond acceptors (Lipinski definition) is 3. The Morgan fingerprint density at radius 1 is 1.30 bits per heavy atom. The molecule has 2 amide bonds. The molecule has 4 atom stereocenters. The van der Waals surface area contributed by atoms with Gasteiger partial charge in [0, 0.05) is 13.1 Å². The molecule has 1 aliphatic carbocycles. The zero-order valence-corrected chi connectivity index (χ0v) is 11.8. The molecule has 3 fully saturated rings. The summed E-state index contributed by atoms with van der Waals surface area (Å²) < 4.78 is 0. The Bertz CT molecular complexity index is 437. The smallest absolute Gasteiger partial charge is 0.326 e. The highest BCUT2D eigenvalue weighted by Gasteiger charge is 2.51. The number of fused-ring (bicyclic) bond motifs is 1. The van der Waals surface area contributed by atoms with E-state index in [1.165, 1.54) is 4.90 Å². The van der Waals surface area contributed by atoms with Gasteiger partial charge in [-0.1, -0.05) is 6.42 Å². The molecule has 2 saturated heterocycles. The molecule has 4 unspecified atom stereocenters. The Hall–Kier alpha value is -1.30. The molecule has 0 bridgehead atoms. The van der Waals surface area contributed by atoms with E-state index in [0.717, 1.165) is 19.3 Å². The quantitative estimate of drug-likeness (QED) is 0.743. The number of nitrogens with zero attached hydrogens (tertiary/aromatic N) is 2. The molecule has 112 valence electrons. The van der Waals surface area contributed by atoms with Crippen LogP contribution in [0, 0.1) is 11.8 Å². The van der Waals surface area contributed by atoms with Crippen LogP contribution in [-0.2, 0) is 4.79 Å². The molecular weight excluding hydrogens is 260 g/mol. The SMILES string of the molecule is CC1(O)CCN(C(=O)N2CC3CCCC3C2C(=O)O)C1. The molecule has 0 aromatic rings. The van der Waals surface area contributed by atoms with Crippen molar-refractivity contribution in [1.29, 1.82) is 0 Å². The number of rotatable bonds is 1. The maximum atomic E-state index is 12.6. The molecule has 6 nitrogen and oxygen atoms in total. The van der Waals surface area contributed by atoms with Crippen LogP contribution in [0.25, 0.3) is 0 Å². The highest BCUT2D eigenvalue weighted by atomic mass is 16.4. The first-order valence-corrected chi connectivity index (χ1v) is 7.40. The highest BCUT2D eigenvalue weighted by Crippen LogP contribution is 2.42. The van der Waals surface area contributed by atoms with Crippen molar-refractivity contribution >= 4 is 12.0 Å². The number of carbonyl (C=O) groups is 2. The van der Waals surface area contributed by atoms with Crippen molar-refractivity contribution < 1.29 is 19.8 Å². The van der Waals surface area contributed by atoms with Crippen molar-refractivity contribution in [2.75, 3.05) is 19.6 Å². The lowest BCUT2D eigenvalue weighted by Crippen LogP contribution is -2.49. The van der Waals surface area contributed by atoms with E-state index in [0.29, 0.717) is 32.0 Å². The summed E-state index contributed by atoms with van der Waals surface area (Å²) in [5.74, 6) is -0.443. The minimum absolute atomic E-state index is 0.111. The second kappa shape index (κ2) is 4.62. The Kier molecular flexibility index (Phi) is 3.16. The van der Waals surface area contributed by atoms with Crippen LogP contribution in [0.1, 0.15) is 32.6 Å². The number of urea groups is 1. The second-order valence-electron chi connectivity index (χ2n) is 6.74. The van der Waals surface area contributed by atoms with E-state index in [-0.39, 0.29) is 11.9 Å². The summed E-state index contributed by atoms with van der Waals surface area (Å²) in [4.78, 5) is 27.2. The van der Waals surface area contributed by atoms with Gasteiger partial charge in [0.25, 0.3) is 0 Å². The lowest BCUT2D eigenvalue weighted by Gasteiger charge is -2.29. The van der Waals surface area contributed by atoms with Crippen LogP contribution in [0.15, 0.2) is 0 Å². The van der Waals surface area contributed by atoms with E-state index in [1.54, 1.807) is 11.8 Å². The molecule has 3 aliphatic rings. The fourth-order valence-corrected chi connectivity index (χ4v) is 4.11. The molecule has 20 heavy (non-hydrogen) atoms. The fraction of sp³-hybridized carbons (Fsp3) is 0.857. The lowest BCUT2D eigenvalue weighted by molar-refractivity contribution is -0.142. The van der Waals surface area contributed by atoms with Crippen LogP contribution in [0.3, 0.4) is 0 Å². The fourth-order valence-electron chi connectivity index (χ4n) is 4.11. The largest absolute Gasteiger partial charge is 0.480 e. The Morgan fingerprint density at radius 3 is 2.65 bits per heavy atom. The van der Waals surface area contributed by atoms with Gasteiger partial charge in [0.05, 0.1) is 12.1 Å². The van der Waals surface area contributed by atoms with Crippen molar-refractivity contribution in [3.8, 4) is 0 Å². The summed E-state index contributed by atoms with van der Waals surface area (Å²) >= 11 is 0. The normalized spacial score (nSPS) is 40.2. The third kappa shape index (κ3) is 2.16. The number of aliphatic hydroxyl groups is 1. The molecule has 2 N–H and O–H groups in total. The molecule has 0 aromatic heterocycles. The van der Waals surface area contributed by atoms with Crippen LogP contribution in [0.4, 0.5) is 4.79 Å². The summed E-state index contributed by atoms with van der Waals surface area (Å²) in [6.07, 6.45) is 3.55. The number of carbonyl (C=O) groups excluding carboxylic acids is 1. The predicted octanol–water partition coefficient (Wildman–Crippen LogP) is 0.748. The van der Waals surface area contributed by atoms with Gasteiger partial charge in [0.2, 0.25) is 0 Å². The minimum atomic E-state index is -0.890. The van der Waals surface area contributed by atoms with Gasteiger partial charge in [0.15, 0.2) is 0 Å². The molecule has 6 heteroatoms. The van der Waals surface area contributed by atoms with Crippen LogP contribution in [-0.4, -0.2) is 63.3 Å². The van der Waals surface area contributed by atoms with E-state index < -0.39 is 17.6 Å². The van der Waals surface area contributed by atoms with Crippen LogP contribution in [0.2, 0.25) is 0 Å². The second-order valence-corrected chi connectivity index (χ2v) is 6.74. The first kappa shape index (κ1) is 13.7. The minimum Gasteiger partial charge on any atom is -0.480 e. The monoisotopic (exact) mass is 282 g/mol. The maximum absolute atomic E-state index is 12.6. The Balaban J connectivity index is 1.76. The summed E-state index contributed by atoms with van der Waals surface area (Å²) in [6.45, 7) is 3.07. The molecule has 2 aliphatic heterocycles. The van der Waals surface area contributed by atoms with Gasteiger partial charge in [0.1, 0.15) is 6.04 Å². The first-order valence-electron chi connectivity index (χ1n) is 7.40.